The Labute approximate surface area is 152 Å². The number of phenolic OH excluding ortho intramolecular Hbond substituents is 1. The highest BCUT2D eigenvalue weighted by Gasteiger charge is 2.05. The first-order valence-electron chi connectivity index (χ1n) is 8.60. The number of nitrogens with one attached hydrogen (secondary N) is 1. The lowest BCUT2D eigenvalue weighted by Gasteiger charge is -2.08. The normalized spacial score (nSPS) is 11.0. The molecule has 132 valence electrons. The molecule has 0 bridgehead atoms. The van der Waals surface area contributed by atoms with Crippen molar-refractivity contribution in [3.8, 4) is 11.5 Å². The fourth-order valence-electron chi connectivity index (χ4n) is 2.64. The summed E-state index contributed by atoms with van der Waals surface area (Å²) in [5, 5.41) is 14.3. The quantitative estimate of drug-likeness (QED) is 0.618. The van der Waals surface area contributed by atoms with Gasteiger partial charge in [-0.25, -0.2) is 0 Å². The number of hydrogen-bond acceptors (Lipinski definition) is 3. The van der Waals surface area contributed by atoms with E-state index in [9.17, 15) is 9.90 Å². The SMILES string of the molecule is CCCOc1ccc(/C=C/C(=O)Nc2cccc3c(O)cccc23)cc1. The second kappa shape index (κ2) is 8.21. The fourth-order valence-corrected chi connectivity index (χ4v) is 2.64. The van der Waals surface area contributed by atoms with Crippen molar-refractivity contribution in [2.24, 2.45) is 0 Å². The van der Waals surface area contributed by atoms with Crippen LogP contribution in [-0.4, -0.2) is 17.6 Å². The highest BCUT2D eigenvalue weighted by Crippen LogP contribution is 2.29. The number of amides is 1. The van der Waals surface area contributed by atoms with E-state index in [0.717, 1.165) is 23.1 Å². The molecule has 0 spiro atoms. The van der Waals surface area contributed by atoms with Crippen molar-refractivity contribution in [1.82, 2.24) is 0 Å². The Morgan fingerprint density at radius 1 is 1.04 bits per heavy atom. The van der Waals surface area contributed by atoms with Gasteiger partial charge in [0.25, 0.3) is 0 Å². The minimum atomic E-state index is -0.229. The summed E-state index contributed by atoms with van der Waals surface area (Å²) in [6, 6.07) is 18.3. The van der Waals surface area contributed by atoms with Gasteiger partial charge in [-0.2, -0.15) is 0 Å². The van der Waals surface area contributed by atoms with Crippen molar-refractivity contribution in [2.75, 3.05) is 11.9 Å². The van der Waals surface area contributed by atoms with Crippen LogP contribution in [0.2, 0.25) is 0 Å². The molecule has 4 nitrogen and oxygen atoms in total. The molecule has 0 aliphatic rings. The molecule has 3 aromatic rings. The first-order chi connectivity index (χ1) is 12.7. The van der Waals surface area contributed by atoms with E-state index in [2.05, 4.69) is 12.2 Å². The van der Waals surface area contributed by atoms with Gasteiger partial charge in [-0.15, -0.1) is 0 Å². The number of anilines is 1. The summed E-state index contributed by atoms with van der Waals surface area (Å²) in [4.78, 5) is 12.2. The van der Waals surface area contributed by atoms with Crippen molar-refractivity contribution in [1.29, 1.82) is 0 Å². The largest absolute Gasteiger partial charge is 0.507 e. The Hall–Kier alpha value is -3.27. The van der Waals surface area contributed by atoms with Crippen LogP contribution < -0.4 is 10.1 Å². The van der Waals surface area contributed by atoms with Crippen LogP contribution >= 0.6 is 0 Å². The van der Waals surface area contributed by atoms with Crippen molar-refractivity contribution >= 4 is 28.4 Å². The first kappa shape index (κ1) is 17.5. The van der Waals surface area contributed by atoms with E-state index in [-0.39, 0.29) is 11.7 Å². The fraction of sp³-hybridized carbons (Fsp3) is 0.136. The van der Waals surface area contributed by atoms with Crippen molar-refractivity contribution in [3.63, 3.8) is 0 Å². The third kappa shape index (κ3) is 4.22. The number of hydrogen-bond donors (Lipinski definition) is 2. The molecule has 3 aromatic carbocycles. The van der Waals surface area contributed by atoms with Crippen LogP contribution in [0.15, 0.2) is 66.7 Å². The molecule has 1 amide bonds. The van der Waals surface area contributed by atoms with Crippen LogP contribution in [-0.2, 0) is 4.79 Å². The maximum absolute atomic E-state index is 12.2. The molecule has 0 aromatic heterocycles. The van der Waals surface area contributed by atoms with Gasteiger partial charge in [-0.05, 0) is 42.3 Å². The van der Waals surface area contributed by atoms with E-state index in [1.807, 2.05) is 42.5 Å². The van der Waals surface area contributed by atoms with E-state index >= 15 is 0 Å². The summed E-state index contributed by atoms with van der Waals surface area (Å²) in [6.07, 6.45) is 4.21. The van der Waals surface area contributed by atoms with Crippen LogP contribution in [0.5, 0.6) is 11.5 Å². The Kier molecular flexibility index (Phi) is 5.54. The number of phenols is 1. The lowest BCUT2D eigenvalue weighted by atomic mass is 10.1. The Morgan fingerprint density at radius 3 is 2.54 bits per heavy atom. The molecule has 0 aliphatic heterocycles. The molecular formula is C22H21NO3. The van der Waals surface area contributed by atoms with E-state index < -0.39 is 0 Å². The van der Waals surface area contributed by atoms with Crippen LogP contribution in [0, 0.1) is 0 Å². The lowest BCUT2D eigenvalue weighted by molar-refractivity contribution is -0.111. The van der Waals surface area contributed by atoms with Crippen LogP contribution in [0.4, 0.5) is 5.69 Å². The van der Waals surface area contributed by atoms with Gasteiger partial charge in [0, 0.05) is 22.5 Å². The third-order valence-corrected chi connectivity index (χ3v) is 3.94. The number of rotatable bonds is 6. The maximum Gasteiger partial charge on any atom is 0.248 e. The molecule has 26 heavy (non-hydrogen) atoms. The summed E-state index contributed by atoms with van der Waals surface area (Å²) in [5.74, 6) is 0.788. The predicted molar refractivity (Wildman–Crippen MR) is 106 cm³/mol. The Morgan fingerprint density at radius 2 is 1.77 bits per heavy atom. The van der Waals surface area contributed by atoms with E-state index in [1.165, 1.54) is 6.08 Å². The molecule has 0 unspecified atom stereocenters. The van der Waals surface area contributed by atoms with Gasteiger partial charge in [0.2, 0.25) is 5.91 Å². The summed E-state index contributed by atoms with van der Waals surface area (Å²) in [7, 11) is 0. The highest BCUT2D eigenvalue weighted by molar-refractivity contribution is 6.08. The molecule has 4 heteroatoms. The minimum Gasteiger partial charge on any atom is -0.507 e. The number of benzene rings is 3. The molecule has 0 saturated heterocycles. The number of fused-ring (bicyclic) bond motifs is 1. The van der Waals surface area contributed by atoms with Crippen LogP contribution in [0.25, 0.3) is 16.8 Å². The maximum atomic E-state index is 12.2. The number of carbonyl (C=O) groups is 1. The van der Waals surface area contributed by atoms with E-state index in [1.54, 1.807) is 24.3 Å². The smallest absolute Gasteiger partial charge is 0.248 e. The van der Waals surface area contributed by atoms with Gasteiger partial charge in [-0.1, -0.05) is 43.3 Å². The van der Waals surface area contributed by atoms with E-state index in [4.69, 9.17) is 4.74 Å². The zero-order valence-corrected chi connectivity index (χ0v) is 14.6. The average Bonchev–Trinajstić information content (AvgIpc) is 2.66. The Bertz CT molecular complexity index is 930. The summed E-state index contributed by atoms with van der Waals surface area (Å²) < 4.78 is 5.54. The van der Waals surface area contributed by atoms with Gasteiger partial charge in [-0.3, -0.25) is 4.79 Å². The van der Waals surface area contributed by atoms with Gasteiger partial charge in [0.1, 0.15) is 11.5 Å². The number of ether oxygens (including phenoxy) is 1. The zero-order chi connectivity index (χ0) is 18.4. The molecule has 0 saturated carbocycles. The van der Waals surface area contributed by atoms with E-state index in [0.29, 0.717) is 17.7 Å². The zero-order valence-electron chi connectivity index (χ0n) is 14.6. The third-order valence-electron chi connectivity index (χ3n) is 3.94. The molecule has 3 rings (SSSR count). The molecule has 0 radical (unpaired) electrons. The molecule has 0 fully saturated rings. The first-order valence-corrected chi connectivity index (χ1v) is 8.60. The van der Waals surface area contributed by atoms with Crippen LogP contribution in [0.1, 0.15) is 18.9 Å². The topological polar surface area (TPSA) is 58.6 Å². The van der Waals surface area contributed by atoms with Gasteiger partial charge >= 0.3 is 0 Å². The van der Waals surface area contributed by atoms with Crippen LogP contribution in [0.3, 0.4) is 0 Å². The summed E-state index contributed by atoms with van der Waals surface area (Å²) in [6.45, 7) is 2.76. The summed E-state index contributed by atoms with van der Waals surface area (Å²) >= 11 is 0. The predicted octanol–water partition coefficient (Wildman–Crippen LogP) is 4.99. The molecule has 0 aliphatic carbocycles. The molecule has 0 atom stereocenters. The van der Waals surface area contributed by atoms with Gasteiger partial charge < -0.3 is 15.2 Å². The number of carbonyl (C=O) groups excluding carboxylic acids is 1. The monoisotopic (exact) mass is 347 g/mol. The molecule has 0 heterocycles. The second-order valence-electron chi connectivity index (χ2n) is 5.92. The second-order valence-corrected chi connectivity index (χ2v) is 5.92. The molecule has 2 N–H and O–H groups in total. The molecular weight excluding hydrogens is 326 g/mol. The number of aromatic hydroxyl groups is 1. The highest BCUT2D eigenvalue weighted by atomic mass is 16.5. The van der Waals surface area contributed by atoms with Crippen molar-refractivity contribution < 1.29 is 14.6 Å². The van der Waals surface area contributed by atoms with Gasteiger partial charge in [0.05, 0.1) is 6.61 Å². The van der Waals surface area contributed by atoms with Crippen molar-refractivity contribution in [3.05, 3.63) is 72.3 Å². The van der Waals surface area contributed by atoms with Crippen molar-refractivity contribution in [2.45, 2.75) is 13.3 Å². The summed E-state index contributed by atoms with van der Waals surface area (Å²) in [5.41, 5.74) is 1.58. The average molecular weight is 347 g/mol. The minimum absolute atomic E-state index is 0.194. The lowest BCUT2D eigenvalue weighted by Crippen LogP contribution is -2.08. The van der Waals surface area contributed by atoms with Gasteiger partial charge in [0.15, 0.2) is 0 Å². The standard InChI is InChI=1S/C22H21NO3/c1-2-15-26-17-12-9-16(10-13-17)11-14-22(25)23-20-7-3-6-19-18(20)5-4-8-21(19)24/h3-14,24H,2,15H2,1H3,(H,23,25)/b14-11+. The Balaban J connectivity index is 1.69.